The fourth-order valence-electron chi connectivity index (χ4n) is 2.18. The Kier molecular flexibility index (Phi) is 3.28. The molecule has 0 radical (unpaired) electrons. The number of hydrogen-bond donors (Lipinski definition) is 1. The standard InChI is InChI=1S/C13H14N2OS2/c14-5-6-15-7-8-17-11-9-3-1-2-4-10(9)18-12(11)13(15)16/h1-4H,5-8,14H2. The molecule has 0 spiro atoms. The van der Waals surface area contributed by atoms with Gasteiger partial charge in [-0.15, -0.1) is 23.1 Å². The number of thioether (sulfide) groups is 1. The molecule has 1 aliphatic rings. The van der Waals surface area contributed by atoms with Gasteiger partial charge in [-0.05, 0) is 6.07 Å². The van der Waals surface area contributed by atoms with Gasteiger partial charge >= 0.3 is 0 Å². The number of amides is 1. The molecule has 0 fully saturated rings. The molecule has 3 rings (SSSR count). The zero-order chi connectivity index (χ0) is 12.5. The smallest absolute Gasteiger partial charge is 0.265 e. The lowest BCUT2D eigenvalue weighted by Gasteiger charge is -2.18. The van der Waals surface area contributed by atoms with Crippen molar-refractivity contribution in [1.82, 2.24) is 4.90 Å². The van der Waals surface area contributed by atoms with Crippen molar-refractivity contribution in [2.75, 3.05) is 25.4 Å². The Morgan fingerprint density at radius 1 is 1.33 bits per heavy atom. The van der Waals surface area contributed by atoms with Gasteiger partial charge in [0.25, 0.3) is 5.91 Å². The summed E-state index contributed by atoms with van der Waals surface area (Å²) >= 11 is 3.38. The van der Waals surface area contributed by atoms with E-state index in [1.807, 2.05) is 17.0 Å². The molecule has 3 nitrogen and oxygen atoms in total. The van der Waals surface area contributed by atoms with Gasteiger partial charge in [0.05, 0.1) is 0 Å². The Labute approximate surface area is 114 Å². The lowest BCUT2D eigenvalue weighted by atomic mass is 10.2. The van der Waals surface area contributed by atoms with E-state index >= 15 is 0 Å². The summed E-state index contributed by atoms with van der Waals surface area (Å²) in [6.45, 7) is 1.96. The van der Waals surface area contributed by atoms with Crippen molar-refractivity contribution in [1.29, 1.82) is 0 Å². The second-order valence-electron chi connectivity index (χ2n) is 4.19. The third-order valence-electron chi connectivity index (χ3n) is 3.04. The SMILES string of the molecule is NCCN1CCSc2c(sc3ccccc23)C1=O. The zero-order valence-electron chi connectivity index (χ0n) is 9.89. The van der Waals surface area contributed by atoms with Crippen LogP contribution in [0.1, 0.15) is 9.67 Å². The quantitative estimate of drug-likeness (QED) is 0.917. The number of thiophene rings is 1. The van der Waals surface area contributed by atoms with Crippen molar-refractivity contribution in [3.8, 4) is 0 Å². The highest BCUT2D eigenvalue weighted by molar-refractivity contribution is 7.99. The van der Waals surface area contributed by atoms with Crippen LogP contribution < -0.4 is 5.73 Å². The fourth-order valence-corrected chi connectivity index (χ4v) is 4.68. The second-order valence-corrected chi connectivity index (χ2v) is 6.34. The number of carbonyl (C=O) groups excluding carboxylic acids is 1. The van der Waals surface area contributed by atoms with Crippen molar-refractivity contribution in [3.63, 3.8) is 0 Å². The normalized spacial score (nSPS) is 15.8. The van der Waals surface area contributed by atoms with E-state index in [1.54, 1.807) is 23.1 Å². The van der Waals surface area contributed by atoms with Crippen molar-refractivity contribution in [2.24, 2.45) is 5.73 Å². The summed E-state index contributed by atoms with van der Waals surface area (Å²) in [4.78, 5) is 16.4. The maximum atomic E-state index is 12.5. The Morgan fingerprint density at radius 3 is 3.00 bits per heavy atom. The molecule has 5 heteroatoms. The molecule has 18 heavy (non-hydrogen) atoms. The first-order valence-electron chi connectivity index (χ1n) is 5.95. The lowest BCUT2D eigenvalue weighted by Crippen LogP contribution is -2.35. The fraction of sp³-hybridized carbons (Fsp3) is 0.308. The van der Waals surface area contributed by atoms with Gasteiger partial charge in [0.1, 0.15) is 4.88 Å². The van der Waals surface area contributed by atoms with E-state index in [-0.39, 0.29) is 5.91 Å². The van der Waals surface area contributed by atoms with Crippen LogP contribution in [0.3, 0.4) is 0 Å². The largest absolute Gasteiger partial charge is 0.336 e. The Bertz CT molecular complexity index is 594. The van der Waals surface area contributed by atoms with Crippen LogP contribution in [-0.2, 0) is 0 Å². The molecule has 2 N–H and O–H groups in total. The van der Waals surface area contributed by atoms with Gasteiger partial charge in [0, 0.05) is 40.4 Å². The molecule has 0 bridgehead atoms. The van der Waals surface area contributed by atoms with Crippen LogP contribution in [0.5, 0.6) is 0 Å². The topological polar surface area (TPSA) is 46.3 Å². The Morgan fingerprint density at radius 2 is 2.17 bits per heavy atom. The Hall–Kier alpha value is -1.04. The minimum Gasteiger partial charge on any atom is -0.336 e. The summed E-state index contributed by atoms with van der Waals surface area (Å²) in [5, 5.41) is 1.21. The molecule has 94 valence electrons. The summed E-state index contributed by atoms with van der Waals surface area (Å²) in [5.41, 5.74) is 5.57. The van der Waals surface area contributed by atoms with Gasteiger partial charge in [-0.3, -0.25) is 4.79 Å². The molecule has 0 atom stereocenters. The van der Waals surface area contributed by atoms with Crippen molar-refractivity contribution in [3.05, 3.63) is 29.1 Å². The minimum absolute atomic E-state index is 0.140. The van der Waals surface area contributed by atoms with E-state index in [4.69, 9.17) is 5.73 Å². The zero-order valence-corrected chi connectivity index (χ0v) is 11.5. The number of nitrogens with two attached hydrogens (primary N) is 1. The third kappa shape index (κ3) is 1.92. The van der Waals surface area contributed by atoms with Crippen LogP contribution in [-0.4, -0.2) is 36.2 Å². The van der Waals surface area contributed by atoms with E-state index in [1.165, 1.54) is 10.1 Å². The third-order valence-corrected chi connectivity index (χ3v) is 5.43. The number of benzene rings is 1. The first kappa shape index (κ1) is 12.0. The van der Waals surface area contributed by atoms with E-state index in [0.717, 1.165) is 22.1 Å². The molecule has 0 saturated carbocycles. The highest BCUT2D eigenvalue weighted by atomic mass is 32.2. The average molecular weight is 278 g/mol. The van der Waals surface area contributed by atoms with E-state index < -0.39 is 0 Å². The number of nitrogens with zero attached hydrogens (tertiary/aromatic N) is 1. The highest BCUT2D eigenvalue weighted by Gasteiger charge is 2.26. The maximum absolute atomic E-state index is 12.5. The van der Waals surface area contributed by atoms with E-state index in [2.05, 4.69) is 12.1 Å². The van der Waals surface area contributed by atoms with Gasteiger partial charge in [-0.2, -0.15) is 0 Å². The monoisotopic (exact) mass is 278 g/mol. The first-order chi connectivity index (χ1) is 8.81. The van der Waals surface area contributed by atoms with Crippen LogP contribution in [0.25, 0.3) is 10.1 Å². The predicted molar refractivity (Wildman–Crippen MR) is 77.5 cm³/mol. The summed E-state index contributed by atoms with van der Waals surface area (Å²) in [5.74, 6) is 1.08. The number of hydrogen-bond acceptors (Lipinski definition) is 4. The van der Waals surface area contributed by atoms with Gasteiger partial charge in [0.2, 0.25) is 0 Å². The molecule has 1 amide bonds. The van der Waals surface area contributed by atoms with Gasteiger partial charge in [0.15, 0.2) is 0 Å². The second kappa shape index (κ2) is 4.91. The molecule has 2 aromatic rings. The minimum atomic E-state index is 0.140. The van der Waals surface area contributed by atoms with Crippen molar-refractivity contribution < 1.29 is 4.79 Å². The van der Waals surface area contributed by atoms with Crippen LogP contribution in [0.2, 0.25) is 0 Å². The summed E-state index contributed by atoms with van der Waals surface area (Å²) < 4.78 is 1.19. The summed E-state index contributed by atoms with van der Waals surface area (Å²) in [6, 6.07) is 8.23. The van der Waals surface area contributed by atoms with Gasteiger partial charge < -0.3 is 10.6 Å². The first-order valence-corrected chi connectivity index (χ1v) is 7.75. The lowest BCUT2D eigenvalue weighted by molar-refractivity contribution is 0.0775. The summed E-state index contributed by atoms with van der Waals surface area (Å²) in [7, 11) is 0. The van der Waals surface area contributed by atoms with E-state index in [9.17, 15) is 4.79 Å². The van der Waals surface area contributed by atoms with Crippen LogP contribution in [0.15, 0.2) is 29.2 Å². The molecule has 0 unspecified atom stereocenters. The molecule has 1 aliphatic heterocycles. The molecule has 1 aromatic heterocycles. The molecular weight excluding hydrogens is 264 g/mol. The van der Waals surface area contributed by atoms with Crippen molar-refractivity contribution in [2.45, 2.75) is 4.90 Å². The molecule has 1 aromatic carbocycles. The van der Waals surface area contributed by atoms with Crippen LogP contribution in [0.4, 0.5) is 0 Å². The number of fused-ring (bicyclic) bond motifs is 3. The molecule has 0 saturated heterocycles. The van der Waals surface area contributed by atoms with Crippen molar-refractivity contribution >= 4 is 39.1 Å². The molecule has 0 aliphatic carbocycles. The number of rotatable bonds is 2. The highest BCUT2D eigenvalue weighted by Crippen LogP contribution is 2.40. The Balaban J connectivity index is 2.10. The number of carbonyl (C=O) groups is 1. The average Bonchev–Trinajstić information content (AvgIpc) is 2.69. The van der Waals surface area contributed by atoms with E-state index in [0.29, 0.717) is 13.1 Å². The molecule has 2 heterocycles. The van der Waals surface area contributed by atoms with Gasteiger partial charge in [-0.1, -0.05) is 18.2 Å². The summed E-state index contributed by atoms with van der Waals surface area (Å²) in [6.07, 6.45) is 0. The van der Waals surface area contributed by atoms with Crippen LogP contribution >= 0.6 is 23.1 Å². The predicted octanol–water partition coefficient (Wildman–Crippen LogP) is 2.41. The maximum Gasteiger partial charge on any atom is 0.265 e. The van der Waals surface area contributed by atoms with Crippen LogP contribution in [0, 0.1) is 0 Å². The van der Waals surface area contributed by atoms with Gasteiger partial charge in [-0.25, -0.2) is 0 Å². The molecular formula is C13H14N2OS2.